The lowest BCUT2D eigenvalue weighted by Gasteiger charge is -2.34. The van der Waals surface area contributed by atoms with Gasteiger partial charge in [0, 0.05) is 32.7 Å². The molecule has 4 heterocycles. The van der Waals surface area contributed by atoms with Crippen LogP contribution >= 0.6 is 0 Å². The van der Waals surface area contributed by atoms with Gasteiger partial charge in [0.2, 0.25) is 15.9 Å². The summed E-state index contributed by atoms with van der Waals surface area (Å²) < 4.78 is 24.7. The van der Waals surface area contributed by atoms with Crippen LogP contribution < -0.4 is 10.2 Å². The van der Waals surface area contributed by atoms with Gasteiger partial charge in [-0.05, 0) is 44.5 Å². The SMILES string of the molecule is CS(=O)(=O)N1CCN(c2ccc(NC(=O)C34CCCN(CC3)C4)cn2)CC1. The topological polar surface area (TPSA) is 85.8 Å². The predicted octanol–water partition coefficient (Wildman–Crippen LogP) is 0.588. The number of piperidine rings is 1. The van der Waals surface area contributed by atoms with Gasteiger partial charge >= 0.3 is 0 Å². The van der Waals surface area contributed by atoms with Crippen LogP contribution in [0.5, 0.6) is 0 Å². The summed E-state index contributed by atoms with van der Waals surface area (Å²) in [6, 6.07) is 3.78. The second-order valence-corrected chi connectivity index (χ2v) is 9.90. The first-order valence-corrected chi connectivity index (χ1v) is 11.4. The largest absolute Gasteiger partial charge is 0.354 e. The molecule has 2 bridgehead atoms. The summed E-state index contributed by atoms with van der Waals surface area (Å²) >= 11 is 0. The van der Waals surface area contributed by atoms with Gasteiger partial charge in [-0.1, -0.05) is 0 Å². The Morgan fingerprint density at radius 1 is 1.11 bits per heavy atom. The second kappa shape index (κ2) is 7.03. The Morgan fingerprint density at radius 3 is 2.56 bits per heavy atom. The fraction of sp³-hybridized carbons (Fsp3) is 0.667. The van der Waals surface area contributed by atoms with Gasteiger partial charge in [-0.3, -0.25) is 4.79 Å². The number of sulfonamides is 1. The number of pyridine rings is 1. The van der Waals surface area contributed by atoms with Gasteiger partial charge < -0.3 is 15.1 Å². The molecule has 0 radical (unpaired) electrons. The number of piperazine rings is 1. The summed E-state index contributed by atoms with van der Waals surface area (Å²) in [7, 11) is -3.13. The minimum absolute atomic E-state index is 0.112. The van der Waals surface area contributed by atoms with Crippen LogP contribution in [0.2, 0.25) is 0 Å². The molecule has 9 heteroatoms. The minimum Gasteiger partial charge on any atom is -0.354 e. The molecule has 3 aliphatic heterocycles. The van der Waals surface area contributed by atoms with Crippen molar-refractivity contribution in [2.45, 2.75) is 19.3 Å². The molecular formula is C18H27N5O3S. The molecular weight excluding hydrogens is 366 g/mol. The third-order valence-electron chi connectivity index (χ3n) is 6.08. The molecule has 8 nitrogen and oxygen atoms in total. The molecule has 27 heavy (non-hydrogen) atoms. The van der Waals surface area contributed by atoms with E-state index in [1.807, 2.05) is 12.1 Å². The number of hydrogen-bond donors (Lipinski definition) is 1. The van der Waals surface area contributed by atoms with E-state index in [1.165, 1.54) is 10.6 Å². The number of aromatic nitrogens is 1. The molecule has 0 saturated carbocycles. The molecule has 1 aromatic heterocycles. The van der Waals surface area contributed by atoms with Crippen LogP contribution in [0.1, 0.15) is 19.3 Å². The fourth-order valence-corrected chi connectivity index (χ4v) is 5.28. The van der Waals surface area contributed by atoms with Gasteiger partial charge in [-0.2, -0.15) is 4.31 Å². The van der Waals surface area contributed by atoms with Crippen LogP contribution in [0.3, 0.4) is 0 Å². The molecule has 2 unspecified atom stereocenters. The molecule has 2 atom stereocenters. The molecule has 3 fully saturated rings. The lowest BCUT2D eigenvalue weighted by Crippen LogP contribution is -2.48. The van der Waals surface area contributed by atoms with E-state index in [1.54, 1.807) is 6.20 Å². The normalized spacial score (nSPS) is 28.9. The maximum Gasteiger partial charge on any atom is 0.231 e. The zero-order valence-electron chi connectivity index (χ0n) is 15.7. The van der Waals surface area contributed by atoms with Crippen molar-refractivity contribution in [1.29, 1.82) is 0 Å². The summed E-state index contributed by atoms with van der Waals surface area (Å²) in [4.78, 5) is 21.8. The highest BCUT2D eigenvalue weighted by atomic mass is 32.2. The number of fused-ring (bicyclic) bond motifs is 2. The summed E-state index contributed by atoms with van der Waals surface area (Å²) in [6.45, 7) is 5.17. The average molecular weight is 394 g/mol. The highest BCUT2D eigenvalue weighted by molar-refractivity contribution is 7.88. The zero-order valence-corrected chi connectivity index (χ0v) is 16.5. The van der Waals surface area contributed by atoms with Crippen LogP contribution in [0.15, 0.2) is 18.3 Å². The molecule has 0 spiro atoms. The molecule has 148 valence electrons. The van der Waals surface area contributed by atoms with Crippen molar-refractivity contribution in [3.8, 4) is 0 Å². The van der Waals surface area contributed by atoms with E-state index >= 15 is 0 Å². The number of hydrogen-bond acceptors (Lipinski definition) is 6. The first kappa shape index (κ1) is 18.6. The van der Waals surface area contributed by atoms with Crippen LogP contribution in [0, 0.1) is 5.41 Å². The first-order chi connectivity index (χ1) is 12.9. The predicted molar refractivity (Wildman–Crippen MR) is 104 cm³/mol. The smallest absolute Gasteiger partial charge is 0.231 e. The highest BCUT2D eigenvalue weighted by Gasteiger charge is 2.46. The van der Waals surface area contributed by atoms with E-state index in [9.17, 15) is 13.2 Å². The molecule has 1 N–H and O–H groups in total. The van der Waals surface area contributed by atoms with Crippen molar-refractivity contribution in [3.05, 3.63) is 18.3 Å². The van der Waals surface area contributed by atoms with Crippen molar-refractivity contribution < 1.29 is 13.2 Å². The molecule has 3 aliphatic rings. The van der Waals surface area contributed by atoms with Gasteiger partial charge in [0.05, 0.1) is 23.6 Å². The quantitative estimate of drug-likeness (QED) is 0.806. The number of nitrogens with one attached hydrogen (secondary N) is 1. The van der Waals surface area contributed by atoms with Crippen molar-refractivity contribution in [3.63, 3.8) is 0 Å². The van der Waals surface area contributed by atoms with E-state index in [4.69, 9.17) is 0 Å². The molecule has 1 aromatic rings. The monoisotopic (exact) mass is 393 g/mol. The van der Waals surface area contributed by atoms with E-state index < -0.39 is 10.0 Å². The fourth-order valence-electron chi connectivity index (χ4n) is 4.45. The first-order valence-electron chi connectivity index (χ1n) is 9.56. The van der Waals surface area contributed by atoms with E-state index in [0.29, 0.717) is 26.2 Å². The Labute approximate surface area is 160 Å². The Kier molecular flexibility index (Phi) is 4.85. The summed E-state index contributed by atoms with van der Waals surface area (Å²) in [5, 5.41) is 3.05. The lowest BCUT2D eigenvalue weighted by molar-refractivity contribution is -0.126. The van der Waals surface area contributed by atoms with Crippen LogP contribution in [0.25, 0.3) is 0 Å². The van der Waals surface area contributed by atoms with Crippen molar-refractivity contribution in [2.75, 3.05) is 62.3 Å². The van der Waals surface area contributed by atoms with Crippen LogP contribution in [0.4, 0.5) is 11.5 Å². The number of nitrogens with zero attached hydrogens (tertiary/aromatic N) is 4. The number of rotatable bonds is 4. The third kappa shape index (κ3) is 3.81. The zero-order chi connectivity index (χ0) is 19.1. The van der Waals surface area contributed by atoms with Crippen molar-refractivity contribution in [1.82, 2.24) is 14.2 Å². The third-order valence-corrected chi connectivity index (χ3v) is 7.38. The molecule has 4 rings (SSSR count). The molecule has 0 aromatic carbocycles. The summed E-state index contributed by atoms with van der Waals surface area (Å²) in [5.74, 6) is 0.921. The molecule has 0 aliphatic carbocycles. The number of carbonyl (C=O) groups excluding carboxylic acids is 1. The van der Waals surface area contributed by atoms with Gasteiger partial charge in [0.25, 0.3) is 0 Å². The Hall–Kier alpha value is -1.71. The van der Waals surface area contributed by atoms with Gasteiger partial charge in [0.1, 0.15) is 5.82 Å². The Balaban J connectivity index is 1.36. The maximum absolute atomic E-state index is 12.8. The summed E-state index contributed by atoms with van der Waals surface area (Å²) in [6.07, 6.45) is 5.93. The Bertz CT molecular complexity index is 801. The van der Waals surface area contributed by atoms with Crippen LogP contribution in [-0.4, -0.2) is 80.6 Å². The average Bonchev–Trinajstić information content (AvgIpc) is 2.97. The van der Waals surface area contributed by atoms with Gasteiger partial charge in [0.15, 0.2) is 0 Å². The summed E-state index contributed by atoms with van der Waals surface area (Å²) in [5.41, 5.74) is 0.482. The number of anilines is 2. The molecule has 3 saturated heterocycles. The lowest BCUT2D eigenvalue weighted by atomic mass is 9.80. The van der Waals surface area contributed by atoms with E-state index in [0.717, 1.165) is 50.4 Å². The highest BCUT2D eigenvalue weighted by Crippen LogP contribution is 2.40. The number of carbonyl (C=O) groups is 1. The second-order valence-electron chi connectivity index (χ2n) is 7.92. The van der Waals surface area contributed by atoms with Gasteiger partial charge in [-0.15, -0.1) is 0 Å². The van der Waals surface area contributed by atoms with E-state index in [-0.39, 0.29) is 11.3 Å². The number of amides is 1. The van der Waals surface area contributed by atoms with Crippen molar-refractivity contribution >= 4 is 27.4 Å². The van der Waals surface area contributed by atoms with Crippen LogP contribution in [-0.2, 0) is 14.8 Å². The maximum atomic E-state index is 12.8. The Morgan fingerprint density at radius 2 is 1.89 bits per heavy atom. The minimum atomic E-state index is -3.13. The van der Waals surface area contributed by atoms with Crippen molar-refractivity contribution in [2.24, 2.45) is 5.41 Å². The standard InChI is InChI=1S/C18H27N5O3S/c1-27(25,26)23-11-9-22(10-12-23)16-4-3-15(13-19-16)20-17(24)18-5-2-7-21(14-18)8-6-18/h3-4,13H,2,5-12,14H2,1H3,(H,20,24). The van der Waals surface area contributed by atoms with Gasteiger partial charge in [-0.25, -0.2) is 13.4 Å². The molecule has 1 amide bonds. The van der Waals surface area contributed by atoms with E-state index in [2.05, 4.69) is 20.1 Å².